The average molecular weight is 446 g/mol. The third-order valence-electron chi connectivity index (χ3n) is 3.93. The second-order valence-electron chi connectivity index (χ2n) is 6.01. The Kier molecular flexibility index (Phi) is 8.47. The van der Waals surface area contributed by atoms with Gasteiger partial charge in [-0.25, -0.2) is 4.99 Å². The molecule has 0 bridgehead atoms. The van der Waals surface area contributed by atoms with Gasteiger partial charge in [0.05, 0.1) is 12.1 Å². The van der Waals surface area contributed by atoms with Crippen LogP contribution in [0.25, 0.3) is 0 Å². The molecule has 1 saturated heterocycles. The third kappa shape index (κ3) is 6.27. The van der Waals surface area contributed by atoms with Crippen molar-refractivity contribution in [2.24, 2.45) is 10.7 Å². The molecule has 1 amide bonds. The molecule has 1 unspecified atom stereocenters. The van der Waals surface area contributed by atoms with Crippen molar-refractivity contribution < 1.29 is 9.53 Å². The Morgan fingerprint density at radius 2 is 2.04 bits per heavy atom. The average Bonchev–Trinajstić information content (AvgIpc) is 2.97. The highest BCUT2D eigenvalue weighted by Gasteiger charge is 2.29. The molecule has 1 aromatic carbocycles. The first-order valence-corrected chi connectivity index (χ1v) is 8.07. The van der Waals surface area contributed by atoms with Crippen LogP contribution in [0.15, 0.2) is 29.3 Å². The highest BCUT2D eigenvalue weighted by molar-refractivity contribution is 14.0. The van der Waals surface area contributed by atoms with Crippen molar-refractivity contribution >= 4 is 35.8 Å². The van der Waals surface area contributed by atoms with Crippen LogP contribution >= 0.6 is 24.0 Å². The van der Waals surface area contributed by atoms with Crippen molar-refractivity contribution in [1.82, 2.24) is 10.6 Å². The molecule has 7 heteroatoms. The summed E-state index contributed by atoms with van der Waals surface area (Å²) >= 11 is 0. The Bertz CT molecular complexity index is 554. The van der Waals surface area contributed by atoms with Gasteiger partial charge >= 0.3 is 0 Å². The van der Waals surface area contributed by atoms with Crippen LogP contribution in [0.4, 0.5) is 0 Å². The largest absolute Gasteiger partial charge is 0.373 e. The van der Waals surface area contributed by atoms with Crippen LogP contribution in [0.3, 0.4) is 0 Å². The van der Waals surface area contributed by atoms with Crippen LogP contribution in [-0.2, 0) is 11.3 Å². The molecule has 1 fully saturated rings. The highest BCUT2D eigenvalue weighted by atomic mass is 127. The van der Waals surface area contributed by atoms with Gasteiger partial charge in [-0.3, -0.25) is 4.79 Å². The molecule has 1 atom stereocenters. The van der Waals surface area contributed by atoms with Gasteiger partial charge in [0.15, 0.2) is 5.96 Å². The van der Waals surface area contributed by atoms with Crippen LogP contribution in [0.2, 0.25) is 0 Å². The predicted molar refractivity (Wildman–Crippen MR) is 107 cm³/mol. The Morgan fingerprint density at radius 1 is 1.33 bits per heavy atom. The summed E-state index contributed by atoms with van der Waals surface area (Å²) in [4.78, 5) is 15.6. The lowest BCUT2D eigenvalue weighted by molar-refractivity contribution is 0.0243. The van der Waals surface area contributed by atoms with E-state index in [9.17, 15) is 4.79 Å². The van der Waals surface area contributed by atoms with Crippen LogP contribution in [0.5, 0.6) is 0 Å². The third-order valence-corrected chi connectivity index (χ3v) is 3.93. The van der Waals surface area contributed by atoms with Gasteiger partial charge in [0.25, 0.3) is 0 Å². The van der Waals surface area contributed by atoms with Crippen molar-refractivity contribution in [3.63, 3.8) is 0 Å². The lowest BCUT2D eigenvalue weighted by Gasteiger charge is -2.24. The molecule has 1 aromatic rings. The number of aliphatic imine (C=N–C) groups is 1. The molecule has 1 aliphatic rings. The number of ether oxygens (including phenoxy) is 1. The van der Waals surface area contributed by atoms with Gasteiger partial charge in [-0.05, 0) is 44.4 Å². The number of rotatable bonds is 6. The van der Waals surface area contributed by atoms with Gasteiger partial charge in [-0.1, -0.05) is 12.1 Å². The Labute approximate surface area is 160 Å². The van der Waals surface area contributed by atoms with E-state index in [0.29, 0.717) is 12.1 Å². The number of nitrogens with zero attached hydrogens (tertiary/aromatic N) is 1. The van der Waals surface area contributed by atoms with Crippen molar-refractivity contribution in [2.45, 2.75) is 38.8 Å². The number of nitrogens with one attached hydrogen (secondary N) is 2. The van der Waals surface area contributed by atoms with E-state index in [-0.39, 0.29) is 29.6 Å². The zero-order valence-corrected chi connectivity index (χ0v) is 16.6. The van der Waals surface area contributed by atoms with Crippen LogP contribution in [0.1, 0.15) is 42.6 Å². The molecule has 134 valence electrons. The Hall–Kier alpha value is -1.35. The number of hydrogen-bond donors (Lipinski definition) is 3. The number of hydrogen-bond acceptors (Lipinski definition) is 3. The first kappa shape index (κ1) is 20.7. The van der Waals surface area contributed by atoms with Gasteiger partial charge in [0.2, 0.25) is 5.91 Å². The topological polar surface area (TPSA) is 88.7 Å². The van der Waals surface area contributed by atoms with E-state index < -0.39 is 5.91 Å². The Balaban J connectivity index is 0.00000288. The molecule has 0 saturated carbocycles. The van der Waals surface area contributed by atoms with Gasteiger partial charge in [-0.2, -0.15) is 0 Å². The van der Waals surface area contributed by atoms with E-state index in [1.807, 2.05) is 19.1 Å². The quantitative estimate of drug-likeness (QED) is 0.355. The maximum atomic E-state index is 11.1. The fourth-order valence-corrected chi connectivity index (χ4v) is 2.53. The van der Waals surface area contributed by atoms with Gasteiger partial charge < -0.3 is 21.1 Å². The van der Waals surface area contributed by atoms with E-state index in [1.165, 1.54) is 0 Å². The molecule has 1 heterocycles. The summed E-state index contributed by atoms with van der Waals surface area (Å²) in [6.45, 7) is 7.05. The van der Waals surface area contributed by atoms with E-state index in [0.717, 1.165) is 44.1 Å². The normalized spacial score (nSPS) is 20.3. The highest BCUT2D eigenvalue weighted by Crippen LogP contribution is 2.23. The van der Waals surface area contributed by atoms with E-state index in [4.69, 9.17) is 10.5 Å². The summed E-state index contributed by atoms with van der Waals surface area (Å²) < 4.78 is 5.78. The van der Waals surface area contributed by atoms with Gasteiger partial charge in [0.1, 0.15) is 0 Å². The van der Waals surface area contributed by atoms with E-state index >= 15 is 0 Å². The Morgan fingerprint density at radius 3 is 2.58 bits per heavy atom. The van der Waals surface area contributed by atoms with Crippen LogP contribution in [0, 0.1) is 0 Å². The molecule has 1 aliphatic heterocycles. The second kappa shape index (κ2) is 9.83. The van der Waals surface area contributed by atoms with Crippen molar-refractivity contribution in [2.75, 3.05) is 19.7 Å². The fourth-order valence-electron chi connectivity index (χ4n) is 2.53. The molecular formula is C17H27IN4O2. The summed E-state index contributed by atoms with van der Waals surface area (Å²) in [6.07, 6.45) is 2.17. The lowest BCUT2D eigenvalue weighted by Crippen LogP contribution is -2.45. The minimum absolute atomic E-state index is 0. The SMILES string of the molecule is CCNC(=NCc1ccc(C(N)=O)cc1)NCC1(C)CCCO1.I. The summed E-state index contributed by atoms with van der Waals surface area (Å²) in [5.41, 5.74) is 6.66. The molecule has 6 nitrogen and oxygen atoms in total. The number of amides is 1. The van der Waals surface area contributed by atoms with E-state index in [1.54, 1.807) is 12.1 Å². The van der Waals surface area contributed by atoms with Gasteiger partial charge in [0, 0.05) is 25.3 Å². The number of nitrogens with two attached hydrogens (primary N) is 1. The summed E-state index contributed by atoms with van der Waals surface area (Å²) in [5, 5.41) is 6.58. The summed E-state index contributed by atoms with van der Waals surface area (Å²) in [5.74, 6) is 0.350. The van der Waals surface area contributed by atoms with Crippen LogP contribution < -0.4 is 16.4 Å². The molecule has 0 aliphatic carbocycles. The van der Waals surface area contributed by atoms with Crippen molar-refractivity contribution in [3.05, 3.63) is 35.4 Å². The fraction of sp³-hybridized carbons (Fsp3) is 0.529. The smallest absolute Gasteiger partial charge is 0.248 e. The molecule has 2 rings (SSSR count). The molecule has 24 heavy (non-hydrogen) atoms. The number of primary amides is 1. The zero-order valence-electron chi connectivity index (χ0n) is 14.3. The maximum Gasteiger partial charge on any atom is 0.248 e. The second-order valence-corrected chi connectivity index (χ2v) is 6.01. The molecule has 0 spiro atoms. The molecule has 0 aromatic heterocycles. The number of carbonyl (C=O) groups excluding carboxylic acids is 1. The number of guanidine groups is 1. The van der Waals surface area contributed by atoms with Crippen molar-refractivity contribution in [1.29, 1.82) is 0 Å². The summed E-state index contributed by atoms with van der Waals surface area (Å²) in [6, 6.07) is 7.19. The van der Waals surface area contributed by atoms with Crippen LogP contribution in [-0.4, -0.2) is 37.2 Å². The zero-order chi connectivity index (χ0) is 16.7. The minimum Gasteiger partial charge on any atom is -0.373 e. The molecule has 0 radical (unpaired) electrons. The number of benzene rings is 1. The minimum atomic E-state index is -0.417. The number of halogens is 1. The number of carbonyl (C=O) groups is 1. The lowest BCUT2D eigenvalue weighted by atomic mass is 10.0. The predicted octanol–water partition coefficient (Wildman–Crippen LogP) is 2.03. The van der Waals surface area contributed by atoms with E-state index in [2.05, 4.69) is 22.5 Å². The standard InChI is InChI=1S/C17H26N4O2.HI/c1-3-19-16(21-12-17(2)9-4-10-23-17)20-11-13-5-7-14(8-6-13)15(18)22;/h5-8H,3-4,9-12H2,1-2H3,(H2,18,22)(H2,19,20,21);1H. The summed E-state index contributed by atoms with van der Waals surface area (Å²) in [7, 11) is 0. The first-order valence-electron chi connectivity index (χ1n) is 8.07. The molecular weight excluding hydrogens is 419 g/mol. The van der Waals surface area contributed by atoms with Crippen molar-refractivity contribution in [3.8, 4) is 0 Å². The monoisotopic (exact) mass is 446 g/mol. The first-order chi connectivity index (χ1) is 11.0. The van der Waals surface area contributed by atoms with Gasteiger partial charge in [-0.15, -0.1) is 24.0 Å². The molecule has 4 N–H and O–H groups in total. The maximum absolute atomic E-state index is 11.1.